The van der Waals surface area contributed by atoms with Crippen LogP contribution < -0.4 is 24.1 Å². The molecule has 3 rings (SSSR count). The van der Waals surface area contributed by atoms with Crippen molar-refractivity contribution in [1.29, 1.82) is 0 Å². The molecule has 2 aromatic carbocycles. The molecule has 0 aliphatic heterocycles. The van der Waals surface area contributed by atoms with Gasteiger partial charge in [-0.15, -0.1) is 0 Å². The Bertz CT molecular complexity index is 1090. The van der Waals surface area contributed by atoms with Crippen LogP contribution >= 0.6 is 0 Å². The summed E-state index contributed by atoms with van der Waals surface area (Å²) in [6, 6.07) is 4.01. The Morgan fingerprint density at radius 2 is 1.57 bits per heavy atom. The molecule has 0 aromatic heterocycles. The first-order chi connectivity index (χ1) is 16.4. The largest absolute Gasteiger partial charge is 0.496 e. The molecule has 194 valence electrons. The molecule has 1 saturated carbocycles. The van der Waals surface area contributed by atoms with Gasteiger partial charge in [0.15, 0.2) is 0 Å². The van der Waals surface area contributed by atoms with Crippen LogP contribution in [0.1, 0.15) is 31.7 Å². The number of fused-ring (bicyclic) bond motifs is 1. The van der Waals surface area contributed by atoms with Gasteiger partial charge in [0.1, 0.15) is 23.0 Å². The fraction of sp³-hybridized carbons (Fsp3) is 0.593. The molecule has 0 amide bonds. The van der Waals surface area contributed by atoms with Gasteiger partial charge in [-0.3, -0.25) is 4.79 Å². The highest BCUT2D eigenvalue weighted by Gasteiger charge is 2.41. The standard InChI is InChI=1S/C27H40O7Si/c1-27(34-6)11-10-18(26(28)29)17(15-27)12-16-13-19(30-2)22-20(31-3)14-21(35(7,8)9)25(33-5)23(22)24(16)32-4/h13-14,17-18H,10-12,15H2,1-9H3,(H,28,29)/t17-,18-,27+/m1/s1. The first kappa shape index (κ1) is 27.1. The average Bonchev–Trinajstić information content (AvgIpc) is 2.81. The summed E-state index contributed by atoms with van der Waals surface area (Å²) in [5.74, 6) is 1.45. The molecule has 7 nitrogen and oxygen atoms in total. The van der Waals surface area contributed by atoms with Crippen molar-refractivity contribution in [2.75, 3.05) is 35.5 Å². The van der Waals surface area contributed by atoms with Gasteiger partial charge in [0.25, 0.3) is 0 Å². The molecule has 2 aromatic rings. The minimum Gasteiger partial charge on any atom is -0.496 e. The zero-order valence-corrected chi connectivity index (χ0v) is 23.5. The lowest BCUT2D eigenvalue weighted by Gasteiger charge is -2.40. The number of methoxy groups -OCH3 is 5. The van der Waals surface area contributed by atoms with Crippen LogP contribution in [0.5, 0.6) is 23.0 Å². The summed E-state index contributed by atoms with van der Waals surface area (Å²) in [5, 5.41) is 12.7. The monoisotopic (exact) mass is 504 g/mol. The summed E-state index contributed by atoms with van der Waals surface area (Å²) in [6.45, 7) is 8.84. The second kappa shape index (κ2) is 10.3. The summed E-state index contributed by atoms with van der Waals surface area (Å²) in [7, 11) is 6.47. The number of hydrogen-bond donors (Lipinski definition) is 1. The molecule has 1 aliphatic carbocycles. The van der Waals surface area contributed by atoms with E-state index in [9.17, 15) is 9.90 Å². The summed E-state index contributed by atoms with van der Waals surface area (Å²) < 4.78 is 29.5. The van der Waals surface area contributed by atoms with Crippen molar-refractivity contribution in [3.8, 4) is 23.0 Å². The van der Waals surface area contributed by atoms with Gasteiger partial charge in [-0.25, -0.2) is 0 Å². The predicted octanol–water partition coefficient (Wildman–Crippen LogP) is 4.87. The summed E-state index contributed by atoms with van der Waals surface area (Å²) in [4.78, 5) is 12.2. The topological polar surface area (TPSA) is 83.5 Å². The van der Waals surface area contributed by atoms with E-state index in [0.717, 1.165) is 33.7 Å². The third kappa shape index (κ3) is 5.09. The molecule has 1 N–H and O–H groups in total. The van der Waals surface area contributed by atoms with Crippen LogP contribution in [-0.4, -0.2) is 60.3 Å². The van der Waals surface area contributed by atoms with Gasteiger partial charge >= 0.3 is 5.97 Å². The average molecular weight is 505 g/mol. The number of hydrogen-bond acceptors (Lipinski definition) is 6. The fourth-order valence-corrected chi connectivity index (χ4v) is 7.01. The second-order valence-corrected chi connectivity index (χ2v) is 15.8. The molecule has 0 spiro atoms. The lowest BCUT2D eigenvalue weighted by atomic mass is 9.70. The number of ether oxygens (including phenoxy) is 5. The third-order valence-electron chi connectivity index (χ3n) is 7.51. The van der Waals surface area contributed by atoms with Gasteiger partial charge in [0.05, 0.1) is 58.8 Å². The highest BCUT2D eigenvalue weighted by molar-refractivity contribution is 6.89. The van der Waals surface area contributed by atoms with Crippen molar-refractivity contribution in [2.24, 2.45) is 11.8 Å². The zero-order valence-electron chi connectivity index (χ0n) is 22.5. The third-order valence-corrected chi connectivity index (χ3v) is 9.50. The number of benzene rings is 2. The van der Waals surface area contributed by atoms with Gasteiger partial charge < -0.3 is 28.8 Å². The molecule has 0 bridgehead atoms. The first-order valence-corrected chi connectivity index (χ1v) is 15.6. The van der Waals surface area contributed by atoms with E-state index in [1.165, 1.54) is 0 Å². The van der Waals surface area contributed by atoms with Gasteiger partial charge in [-0.1, -0.05) is 19.6 Å². The van der Waals surface area contributed by atoms with E-state index in [1.54, 1.807) is 35.5 Å². The Balaban J connectivity index is 2.31. The van der Waals surface area contributed by atoms with Gasteiger partial charge in [0, 0.05) is 7.11 Å². The van der Waals surface area contributed by atoms with E-state index < -0.39 is 20.0 Å². The molecule has 3 atom stereocenters. The molecule has 0 heterocycles. The first-order valence-electron chi connectivity index (χ1n) is 12.1. The van der Waals surface area contributed by atoms with Crippen LogP contribution in [0.2, 0.25) is 19.6 Å². The Morgan fingerprint density at radius 1 is 0.971 bits per heavy atom. The van der Waals surface area contributed by atoms with Crippen LogP contribution in [-0.2, 0) is 16.0 Å². The molecule has 1 aliphatic rings. The molecular formula is C27H40O7Si. The Morgan fingerprint density at radius 3 is 2.06 bits per heavy atom. The number of rotatable bonds is 9. The van der Waals surface area contributed by atoms with Crippen molar-refractivity contribution >= 4 is 30.0 Å². The van der Waals surface area contributed by atoms with Crippen molar-refractivity contribution in [1.82, 2.24) is 0 Å². The van der Waals surface area contributed by atoms with Crippen molar-refractivity contribution in [2.45, 2.75) is 57.8 Å². The summed E-state index contributed by atoms with van der Waals surface area (Å²) in [5.41, 5.74) is 0.540. The maximum Gasteiger partial charge on any atom is 0.306 e. The Hall–Kier alpha value is -2.45. The van der Waals surface area contributed by atoms with Crippen LogP contribution in [0.4, 0.5) is 0 Å². The van der Waals surface area contributed by atoms with Crippen LogP contribution in [0.15, 0.2) is 12.1 Å². The highest BCUT2D eigenvalue weighted by atomic mass is 28.3. The highest BCUT2D eigenvalue weighted by Crippen LogP contribution is 2.48. The molecule has 0 unspecified atom stereocenters. The minimum atomic E-state index is -1.83. The maximum atomic E-state index is 12.2. The van der Waals surface area contributed by atoms with E-state index >= 15 is 0 Å². The van der Waals surface area contributed by atoms with Crippen LogP contribution in [0.25, 0.3) is 10.8 Å². The van der Waals surface area contributed by atoms with Gasteiger partial charge in [-0.2, -0.15) is 0 Å². The van der Waals surface area contributed by atoms with Crippen molar-refractivity contribution in [3.05, 3.63) is 17.7 Å². The lowest BCUT2D eigenvalue weighted by molar-refractivity contribution is -0.148. The van der Waals surface area contributed by atoms with Crippen LogP contribution in [0, 0.1) is 11.8 Å². The number of carbonyl (C=O) groups is 1. The van der Waals surface area contributed by atoms with Crippen molar-refractivity contribution in [3.63, 3.8) is 0 Å². The van der Waals surface area contributed by atoms with E-state index in [-0.39, 0.29) is 11.5 Å². The van der Waals surface area contributed by atoms with Crippen LogP contribution in [0.3, 0.4) is 0 Å². The van der Waals surface area contributed by atoms with Crippen molar-refractivity contribution < 1.29 is 33.6 Å². The zero-order chi connectivity index (χ0) is 26.1. The molecule has 1 fully saturated rings. The van der Waals surface area contributed by atoms with Gasteiger partial charge in [-0.05, 0) is 61.4 Å². The number of carboxylic acid groups (broad SMARTS) is 1. The number of aliphatic carboxylic acids is 1. The Labute approximate surface area is 209 Å². The normalized spacial score (nSPS) is 22.7. The number of carboxylic acids is 1. The summed E-state index contributed by atoms with van der Waals surface area (Å²) >= 11 is 0. The molecular weight excluding hydrogens is 464 g/mol. The van der Waals surface area contributed by atoms with E-state index in [2.05, 4.69) is 32.6 Å². The quantitative estimate of drug-likeness (QED) is 0.488. The molecule has 35 heavy (non-hydrogen) atoms. The lowest BCUT2D eigenvalue weighted by Crippen LogP contribution is -2.41. The van der Waals surface area contributed by atoms with E-state index in [1.807, 2.05) is 6.07 Å². The molecule has 0 radical (unpaired) electrons. The smallest absolute Gasteiger partial charge is 0.306 e. The van der Waals surface area contributed by atoms with Gasteiger partial charge in [0.2, 0.25) is 0 Å². The Kier molecular flexibility index (Phi) is 7.96. The maximum absolute atomic E-state index is 12.2. The minimum absolute atomic E-state index is 0.115. The molecule has 8 heteroatoms. The summed E-state index contributed by atoms with van der Waals surface area (Å²) in [6.07, 6.45) is 2.47. The fourth-order valence-electron chi connectivity index (χ4n) is 5.54. The van der Waals surface area contributed by atoms with E-state index in [0.29, 0.717) is 36.5 Å². The van der Waals surface area contributed by atoms with E-state index in [4.69, 9.17) is 23.7 Å². The second-order valence-electron chi connectivity index (χ2n) is 10.7. The predicted molar refractivity (Wildman–Crippen MR) is 141 cm³/mol. The molecule has 0 saturated heterocycles. The SMILES string of the molecule is COc1cc(C[C@@H]2C[C@@](C)(OC)CC[C@H]2C(=O)O)c(OC)c2c(OC)c([Si](C)(C)C)cc(OC)c12.